The van der Waals surface area contributed by atoms with Crippen molar-refractivity contribution in [2.24, 2.45) is 7.05 Å². The van der Waals surface area contributed by atoms with Gasteiger partial charge in [0.1, 0.15) is 6.33 Å². The molecule has 0 aliphatic carbocycles. The minimum atomic E-state index is -4.05. The van der Waals surface area contributed by atoms with E-state index in [0.717, 1.165) is 6.07 Å². The first-order valence-electron chi connectivity index (χ1n) is 8.87. The first-order chi connectivity index (χ1) is 14.3. The molecule has 9 nitrogen and oxygen atoms in total. The van der Waals surface area contributed by atoms with E-state index in [2.05, 4.69) is 14.9 Å². The maximum Gasteiger partial charge on any atom is 0.303 e. The lowest BCUT2D eigenvalue weighted by atomic mass is 10.2. The molecule has 1 heterocycles. The van der Waals surface area contributed by atoms with Crippen molar-refractivity contribution in [3.8, 4) is 17.1 Å². The van der Waals surface area contributed by atoms with Gasteiger partial charge in [0.2, 0.25) is 0 Å². The number of carboxylic acids is 1. The molecule has 11 heteroatoms. The van der Waals surface area contributed by atoms with Gasteiger partial charge in [0.25, 0.3) is 10.0 Å². The van der Waals surface area contributed by atoms with Gasteiger partial charge in [-0.05, 0) is 36.8 Å². The van der Waals surface area contributed by atoms with Crippen LogP contribution in [0.2, 0.25) is 0 Å². The van der Waals surface area contributed by atoms with Crippen LogP contribution in [0.4, 0.5) is 10.1 Å². The zero-order chi connectivity index (χ0) is 21.7. The van der Waals surface area contributed by atoms with Gasteiger partial charge < -0.3 is 14.4 Å². The number of aromatic nitrogens is 3. The highest BCUT2D eigenvalue weighted by molar-refractivity contribution is 7.92. The number of nitrogens with one attached hydrogen (secondary N) is 1. The molecule has 0 aliphatic rings. The number of anilines is 1. The number of rotatable bonds is 9. The van der Waals surface area contributed by atoms with Crippen molar-refractivity contribution >= 4 is 21.7 Å². The SMILES string of the molecule is Cn1cnnc1-c1cccc(NS(=O)(=O)c2ccc(OCCCC(=O)O)c(F)c2)c1. The number of halogens is 1. The molecule has 3 rings (SSSR count). The van der Waals surface area contributed by atoms with Crippen molar-refractivity contribution in [2.75, 3.05) is 11.3 Å². The molecule has 1 aromatic heterocycles. The van der Waals surface area contributed by atoms with Gasteiger partial charge in [-0.15, -0.1) is 10.2 Å². The van der Waals surface area contributed by atoms with E-state index in [4.69, 9.17) is 9.84 Å². The van der Waals surface area contributed by atoms with Gasteiger partial charge in [0.05, 0.1) is 11.5 Å². The average molecular weight is 434 g/mol. The van der Waals surface area contributed by atoms with Crippen molar-refractivity contribution in [1.82, 2.24) is 14.8 Å². The van der Waals surface area contributed by atoms with Crippen LogP contribution in [0.1, 0.15) is 12.8 Å². The fraction of sp³-hybridized carbons (Fsp3) is 0.211. The Hall–Kier alpha value is -3.47. The second-order valence-electron chi connectivity index (χ2n) is 6.39. The van der Waals surface area contributed by atoms with Crippen LogP contribution in [0, 0.1) is 5.82 Å². The van der Waals surface area contributed by atoms with E-state index in [1.165, 1.54) is 18.5 Å². The van der Waals surface area contributed by atoms with Gasteiger partial charge in [-0.2, -0.15) is 0 Å². The van der Waals surface area contributed by atoms with E-state index in [9.17, 15) is 17.6 Å². The highest BCUT2D eigenvalue weighted by atomic mass is 32.2. The van der Waals surface area contributed by atoms with Gasteiger partial charge in [0.15, 0.2) is 17.4 Å². The molecule has 30 heavy (non-hydrogen) atoms. The summed E-state index contributed by atoms with van der Waals surface area (Å²) >= 11 is 0. The van der Waals surface area contributed by atoms with E-state index in [-0.39, 0.29) is 35.8 Å². The van der Waals surface area contributed by atoms with Gasteiger partial charge in [-0.1, -0.05) is 12.1 Å². The maximum atomic E-state index is 14.2. The summed E-state index contributed by atoms with van der Waals surface area (Å²) in [6, 6.07) is 9.84. The van der Waals surface area contributed by atoms with Crippen molar-refractivity contribution in [3.63, 3.8) is 0 Å². The topological polar surface area (TPSA) is 123 Å². The van der Waals surface area contributed by atoms with Gasteiger partial charge in [0, 0.05) is 24.7 Å². The summed E-state index contributed by atoms with van der Waals surface area (Å²) in [6.07, 6.45) is 1.63. The highest BCUT2D eigenvalue weighted by Crippen LogP contribution is 2.25. The smallest absolute Gasteiger partial charge is 0.303 e. The zero-order valence-corrected chi connectivity index (χ0v) is 16.8. The standard InChI is InChI=1S/C19H19FN4O5S/c1-24-12-21-22-19(24)13-4-2-5-14(10-13)23-30(27,28)15-7-8-17(16(20)11-15)29-9-3-6-18(25)26/h2,4-5,7-8,10-12,23H,3,6,9H2,1H3,(H,25,26). The molecule has 0 bridgehead atoms. The van der Waals surface area contributed by atoms with E-state index in [1.807, 2.05) is 0 Å². The quantitative estimate of drug-likeness (QED) is 0.496. The molecule has 2 N–H and O–H groups in total. The molecular formula is C19H19FN4O5S. The lowest BCUT2D eigenvalue weighted by molar-refractivity contribution is -0.137. The molecule has 158 valence electrons. The summed E-state index contributed by atoms with van der Waals surface area (Å²) in [5.74, 6) is -1.43. The molecule has 3 aromatic rings. The molecule has 0 aliphatic heterocycles. The summed E-state index contributed by atoms with van der Waals surface area (Å²) in [4.78, 5) is 10.2. The summed E-state index contributed by atoms with van der Waals surface area (Å²) in [6.45, 7) is 0.00239. The Balaban J connectivity index is 1.74. The predicted molar refractivity (Wildman–Crippen MR) is 106 cm³/mol. The summed E-state index contributed by atoms with van der Waals surface area (Å²) in [7, 11) is -2.29. The minimum absolute atomic E-state index is 0.00239. The third-order valence-electron chi connectivity index (χ3n) is 4.09. The van der Waals surface area contributed by atoms with Crippen molar-refractivity contribution in [2.45, 2.75) is 17.7 Å². The number of sulfonamides is 1. The van der Waals surface area contributed by atoms with Crippen LogP contribution in [0.25, 0.3) is 11.4 Å². The maximum absolute atomic E-state index is 14.2. The van der Waals surface area contributed by atoms with Crippen LogP contribution in [0.15, 0.2) is 53.7 Å². The molecule has 0 amide bonds. The number of ether oxygens (including phenoxy) is 1. The first kappa shape index (κ1) is 21.2. The predicted octanol–water partition coefficient (Wildman–Crippen LogP) is 2.67. The van der Waals surface area contributed by atoms with Crippen molar-refractivity contribution < 1.29 is 27.4 Å². The van der Waals surface area contributed by atoms with Gasteiger partial charge >= 0.3 is 5.97 Å². The Morgan fingerprint density at radius 1 is 1.27 bits per heavy atom. The van der Waals surface area contributed by atoms with Crippen LogP contribution >= 0.6 is 0 Å². The third kappa shape index (κ3) is 5.11. The number of benzene rings is 2. The number of hydrogen-bond acceptors (Lipinski definition) is 6. The fourth-order valence-corrected chi connectivity index (χ4v) is 3.71. The van der Waals surface area contributed by atoms with Crippen molar-refractivity contribution in [3.05, 3.63) is 54.6 Å². The van der Waals surface area contributed by atoms with E-state index < -0.39 is 21.8 Å². The van der Waals surface area contributed by atoms with Crippen LogP contribution in [-0.2, 0) is 21.9 Å². The highest BCUT2D eigenvalue weighted by Gasteiger charge is 2.18. The normalized spacial score (nSPS) is 11.3. The molecule has 0 spiro atoms. The summed E-state index contributed by atoms with van der Waals surface area (Å²) < 4.78 is 48.8. The largest absolute Gasteiger partial charge is 0.491 e. The Labute approximate surface area is 172 Å². The number of aryl methyl sites for hydroxylation is 1. The monoisotopic (exact) mass is 434 g/mol. The number of carbonyl (C=O) groups is 1. The molecular weight excluding hydrogens is 415 g/mol. The van der Waals surface area contributed by atoms with E-state index in [0.29, 0.717) is 11.4 Å². The molecule has 0 radical (unpaired) electrons. The number of nitrogens with zero attached hydrogens (tertiary/aromatic N) is 3. The summed E-state index contributed by atoms with van der Waals surface area (Å²) in [5, 5.41) is 16.4. The van der Waals surface area contributed by atoms with Crippen molar-refractivity contribution in [1.29, 1.82) is 0 Å². The van der Waals surface area contributed by atoms with Gasteiger partial charge in [-0.3, -0.25) is 9.52 Å². The molecule has 0 saturated carbocycles. The Morgan fingerprint density at radius 2 is 2.07 bits per heavy atom. The molecule has 0 atom stereocenters. The Kier molecular flexibility index (Phi) is 6.31. The van der Waals surface area contributed by atoms with E-state index in [1.54, 1.807) is 35.9 Å². The number of aliphatic carboxylic acids is 1. The second-order valence-corrected chi connectivity index (χ2v) is 8.07. The van der Waals surface area contributed by atoms with Crippen LogP contribution in [0.5, 0.6) is 5.75 Å². The van der Waals surface area contributed by atoms with E-state index >= 15 is 0 Å². The van der Waals surface area contributed by atoms with Crippen LogP contribution < -0.4 is 9.46 Å². The molecule has 0 unspecified atom stereocenters. The fourth-order valence-electron chi connectivity index (χ4n) is 2.65. The lowest BCUT2D eigenvalue weighted by Crippen LogP contribution is -2.13. The molecule has 0 fully saturated rings. The second kappa shape index (κ2) is 8.91. The Morgan fingerprint density at radius 3 is 2.73 bits per heavy atom. The number of hydrogen-bond donors (Lipinski definition) is 2. The van der Waals surface area contributed by atoms with Gasteiger partial charge in [-0.25, -0.2) is 12.8 Å². The third-order valence-corrected chi connectivity index (χ3v) is 5.47. The molecule has 2 aromatic carbocycles. The zero-order valence-electron chi connectivity index (χ0n) is 15.9. The lowest BCUT2D eigenvalue weighted by Gasteiger charge is -2.11. The van der Waals surface area contributed by atoms with Crippen LogP contribution in [0.3, 0.4) is 0 Å². The molecule has 0 saturated heterocycles. The minimum Gasteiger partial charge on any atom is -0.491 e. The number of carboxylic acid groups (broad SMARTS) is 1. The summed E-state index contributed by atoms with van der Waals surface area (Å²) in [5.41, 5.74) is 0.941. The first-order valence-corrected chi connectivity index (χ1v) is 10.4. The Bertz CT molecular complexity index is 1160. The average Bonchev–Trinajstić information content (AvgIpc) is 3.12. The van der Waals surface area contributed by atoms with Crippen LogP contribution in [-0.4, -0.2) is 40.9 Å².